The zero-order chi connectivity index (χ0) is 13.7. The average molecular weight is 264 g/mol. The van der Waals surface area contributed by atoms with Crippen LogP contribution in [0.5, 0.6) is 0 Å². The van der Waals surface area contributed by atoms with Gasteiger partial charge in [-0.05, 0) is 12.8 Å². The number of hydrogen-bond donors (Lipinski definition) is 1. The summed E-state index contributed by atoms with van der Waals surface area (Å²) >= 11 is 0. The Hall–Kier alpha value is -1.52. The summed E-state index contributed by atoms with van der Waals surface area (Å²) in [5.41, 5.74) is 0.755. The van der Waals surface area contributed by atoms with Gasteiger partial charge in [-0.1, -0.05) is 32.1 Å². The molecule has 0 saturated heterocycles. The Morgan fingerprint density at radius 2 is 1.95 bits per heavy atom. The Bertz CT molecular complexity index is 407. The Balaban J connectivity index is 1.89. The minimum Gasteiger partial charge on any atom is -0.325 e. The summed E-state index contributed by atoms with van der Waals surface area (Å²) < 4.78 is 1.69. The molecule has 0 radical (unpaired) electrons. The first kappa shape index (κ1) is 13.9. The molecular weight excluding hydrogens is 240 g/mol. The molecule has 0 aliphatic heterocycles. The first-order chi connectivity index (χ1) is 9.16. The van der Waals surface area contributed by atoms with Crippen LogP contribution in [0.2, 0.25) is 0 Å². The van der Waals surface area contributed by atoms with E-state index in [1.165, 1.54) is 32.1 Å². The van der Waals surface area contributed by atoms with Gasteiger partial charge in [0.15, 0.2) is 0 Å². The Morgan fingerprint density at radius 3 is 2.53 bits per heavy atom. The minimum absolute atomic E-state index is 0.0291. The quantitative estimate of drug-likeness (QED) is 0.892. The van der Waals surface area contributed by atoms with E-state index in [1.807, 2.05) is 25.2 Å². The third-order valence-corrected chi connectivity index (χ3v) is 3.90. The standard InChI is InChI=1S/C14H24N4O/c1-17-11-12(10-15-17)16-14(19)18(2)13-8-6-4-3-5-7-9-13/h10-11,13H,3-9H2,1-2H3,(H,16,19). The Labute approximate surface area is 115 Å². The molecule has 1 aromatic heterocycles. The van der Waals surface area contributed by atoms with Crippen LogP contribution in [-0.4, -0.2) is 33.8 Å². The molecule has 1 aliphatic carbocycles. The van der Waals surface area contributed by atoms with E-state index in [4.69, 9.17) is 0 Å². The van der Waals surface area contributed by atoms with Crippen LogP contribution in [0, 0.1) is 0 Å². The van der Waals surface area contributed by atoms with Gasteiger partial charge in [-0.2, -0.15) is 5.10 Å². The molecule has 1 N–H and O–H groups in total. The molecule has 5 heteroatoms. The van der Waals surface area contributed by atoms with Gasteiger partial charge in [-0.3, -0.25) is 4.68 Å². The zero-order valence-electron chi connectivity index (χ0n) is 11.9. The zero-order valence-corrected chi connectivity index (χ0v) is 11.9. The van der Waals surface area contributed by atoms with Crippen LogP contribution < -0.4 is 5.32 Å². The van der Waals surface area contributed by atoms with Gasteiger partial charge in [0.05, 0.1) is 11.9 Å². The van der Waals surface area contributed by atoms with E-state index < -0.39 is 0 Å². The molecule has 106 valence electrons. The molecule has 2 rings (SSSR count). The Kier molecular flexibility index (Phi) is 4.82. The molecule has 0 unspecified atom stereocenters. The van der Waals surface area contributed by atoms with Crippen molar-refractivity contribution in [3.8, 4) is 0 Å². The number of hydrogen-bond acceptors (Lipinski definition) is 2. The highest BCUT2D eigenvalue weighted by atomic mass is 16.2. The fraction of sp³-hybridized carbons (Fsp3) is 0.714. The molecule has 0 atom stereocenters. The van der Waals surface area contributed by atoms with E-state index in [1.54, 1.807) is 10.9 Å². The van der Waals surface area contributed by atoms with Crippen LogP contribution in [0.15, 0.2) is 12.4 Å². The molecule has 1 saturated carbocycles. The molecule has 0 bridgehead atoms. The van der Waals surface area contributed by atoms with Crippen molar-refractivity contribution < 1.29 is 4.79 Å². The van der Waals surface area contributed by atoms with Gasteiger partial charge >= 0.3 is 6.03 Å². The highest BCUT2D eigenvalue weighted by Gasteiger charge is 2.20. The number of urea groups is 1. The van der Waals surface area contributed by atoms with Gasteiger partial charge in [0.1, 0.15) is 0 Å². The second kappa shape index (κ2) is 6.59. The number of amides is 2. The summed E-state index contributed by atoms with van der Waals surface area (Å²) in [7, 11) is 3.74. The molecule has 0 aromatic carbocycles. The number of anilines is 1. The number of aromatic nitrogens is 2. The lowest BCUT2D eigenvalue weighted by Crippen LogP contribution is -2.40. The van der Waals surface area contributed by atoms with Crippen LogP contribution in [-0.2, 0) is 7.05 Å². The van der Waals surface area contributed by atoms with Crippen LogP contribution in [0.4, 0.5) is 10.5 Å². The van der Waals surface area contributed by atoms with E-state index in [0.29, 0.717) is 6.04 Å². The number of aryl methyl sites for hydroxylation is 1. The van der Waals surface area contributed by atoms with E-state index in [0.717, 1.165) is 18.5 Å². The first-order valence-corrected chi connectivity index (χ1v) is 7.19. The lowest BCUT2D eigenvalue weighted by Gasteiger charge is -2.29. The Morgan fingerprint density at radius 1 is 1.32 bits per heavy atom. The van der Waals surface area contributed by atoms with Crippen molar-refractivity contribution in [3.63, 3.8) is 0 Å². The fourth-order valence-corrected chi connectivity index (χ4v) is 2.69. The topological polar surface area (TPSA) is 50.2 Å². The lowest BCUT2D eigenvalue weighted by molar-refractivity contribution is 0.191. The molecule has 1 fully saturated rings. The van der Waals surface area contributed by atoms with Gasteiger partial charge in [0, 0.05) is 26.3 Å². The van der Waals surface area contributed by atoms with Gasteiger partial charge in [-0.15, -0.1) is 0 Å². The maximum atomic E-state index is 12.2. The second-order valence-corrected chi connectivity index (χ2v) is 5.44. The van der Waals surface area contributed by atoms with Crippen LogP contribution >= 0.6 is 0 Å². The predicted octanol–water partition coefficient (Wildman–Crippen LogP) is 3.00. The number of carbonyl (C=O) groups is 1. The van der Waals surface area contributed by atoms with Crippen molar-refractivity contribution in [1.82, 2.24) is 14.7 Å². The van der Waals surface area contributed by atoms with Crippen molar-refractivity contribution >= 4 is 11.7 Å². The van der Waals surface area contributed by atoms with Crippen molar-refractivity contribution in [1.29, 1.82) is 0 Å². The molecule has 1 heterocycles. The van der Waals surface area contributed by atoms with Crippen molar-refractivity contribution in [3.05, 3.63) is 12.4 Å². The van der Waals surface area contributed by atoms with Crippen molar-refractivity contribution in [2.45, 2.75) is 51.0 Å². The van der Waals surface area contributed by atoms with Crippen LogP contribution in [0.3, 0.4) is 0 Å². The highest BCUT2D eigenvalue weighted by molar-refractivity contribution is 5.89. The molecule has 1 aliphatic rings. The van der Waals surface area contributed by atoms with Gasteiger partial charge in [0.25, 0.3) is 0 Å². The number of nitrogens with one attached hydrogen (secondary N) is 1. The molecule has 19 heavy (non-hydrogen) atoms. The van der Waals surface area contributed by atoms with Crippen molar-refractivity contribution in [2.24, 2.45) is 7.05 Å². The number of carbonyl (C=O) groups excluding carboxylic acids is 1. The fourth-order valence-electron chi connectivity index (χ4n) is 2.69. The third-order valence-electron chi connectivity index (χ3n) is 3.90. The van der Waals surface area contributed by atoms with Crippen LogP contribution in [0.1, 0.15) is 44.9 Å². The average Bonchev–Trinajstić information content (AvgIpc) is 2.73. The van der Waals surface area contributed by atoms with Crippen molar-refractivity contribution in [2.75, 3.05) is 12.4 Å². The van der Waals surface area contributed by atoms with E-state index >= 15 is 0 Å². The predicted molar refractivity (Wildman–Crippen MR) is 76.1 cm³/mol. The van der Waals surface area contributed by atoms with Gasteiger partial charge in [0.2, 0.25) is 0 Å². The van der Waals surface area contributed by atoms with E-state index in [2.05, 4.69) is 10.4 Å². The van der Waals surface area contributed by atoms with E-state index in [9.17, 15) is 4.79 Å². The highest BCUT2D eigenvalue weighted by Crippen LogP contribution is 2.21. The number of nitrogens with zero attached hydrogens (tertiary/aromatic N) is 3. The summed E-state index contributed by atoms with van der Waals surface area (Å²) in [4.78, 5) is 14.1. The largest absolute Gasteiger partial charge is 0.325 e. The smallest absolute Gasteiger partial charge is 0.321 e. The minimum atomic E-state index is -0.0291. The summed E-state index contributed by atoms with van der Waals surface area (Å²) in [6, 6.07) is 0.343. The summed E-state index contributed by atoms with van der Waals surface area (Å²) in [5.74, 6) is 0. The maximum Gasteiger partial charge on any atom is 0.321 e. The molecule has 5 nitrogen and oxygen atoms in total. The molecule has 1 aromatic rings. The van der Waals surface area contributed by atoms with Gasteiger partial charge < -0.3 is 10.2 Å². The number of rotatable bonds is 2. The van der Waals surface area contributed by atoms with E-state index in [-0.39, 0.29) is 6.03 Å². The lowest BCUT2D eigenvalue weighted by atomic mass is 9.96. The molecule has 2 amide bonds. The second-order valence-electron chi connectivity index (χ2n) is 5.44. The SMILES string of the molecule is CN(C(=O)Nc1cnn(C)c1)C1CCCCCCC1. The summed E-state index contributed by atoms with van der Waals surface area (Å²) in [5, 5.41) is 6.95. The monoisotopic (exact) mass is 264 g/mol. The summed E-state index contributed by atoms with van der Waals surface area (Å²) in [6.07, 6.45) is 12.1. The summed E-state index contributed by atoms with van der Waals surface area (Å²) in [6.45, 7) is 0. The van der Waals surface area contributed by atoms with Gasteiger partial charge in [-0.25, -0.2) is 4.79 Å². The first-order valence-electron chi connectivity index (χ1n) is 7.19. The molecule has 0 spiro atoms. The normalized spacial score (nSPS) is 17.6. The third kappa shape index (κ3) is 3.98. The van der Waals surface area contributed by atoms with Crippen LogP contribution in [0.25, 0.3) is 0 Å². The maximum absolute atomic E-state index is 12.2. The molecular formula is C14H24N4O.